The third-order valence-electron chi connectivity index (χ3n) is 4.78. The quantitative estimate of drug-likeness (QED) is 0.636. The molecule has 0 aliphatic carbocycles. The summed E-state index contributed by atoms with van der Waals surface area (Å²) in [5, 5.41) is 14.9. The van der Waals surface area contributed by atoms with Crippen LogP contribution in [0.1, 0.15) is 40.7 Å². The van der Waals surface area contributed by atoms with Gasteiger partial charge in [0.25, 0.3) is 5.91 Å². The van der Waals surface area contributed by atoms with E-state index in [-0.39, 0.29) is 23.8 Å². The van der Waals surface area contributed by atoms with Crippen molar-refractivity contribution < 1.29 is 24.2 Å². The van der Waals surface area contributed by atoms with Crippen molar-refractivity contribution in [3.8, 4) is 0 Å². The van der Waals surface area contributed by atoms with Gasteiger partial charge in [-0.3, -0.25) is 9.59 Å². The van der Waals surface area contributed by atoms with Crippen LogP contribution in [0.2, 0.25) is 0 Å². The van der Waals surface area contributed by atoms with E-state index in [1.54, 1.807) is 24.3 Å². The lowest BCUT2D eigenvalue weighted by molar-refractivity contribution is -0.124. The molecule has 152 valence electrons. The molecule has 0 radical (unpaired) electrons. The molecule has 1 heterocycles. The minimum absolute atomic E-state index is 0.152. The van der Waals surface area contributed by atoms with E-state index in [4.69, 9.17) is 4.74 Å². The van der Waals surface area contributed by atoms with Crippen molar-refractivity contribution in [3.05, 3.63) is 65.2 Å². The van der Waals surface area contributed by atoms with Crippen LogP contribution in [-0.2, 0) is 27.3 Å². The highest BCUT2D eigenvalue weighted by atomic mass is 16.5. The normalized spacial score (nSPS) is 15.7. The van der Waals surface area contributed by atoms with Crippen molar-refractivity contribution in [1.82, 2.24) is 5.32 Å². The number of hydrogen-bond donors (Lipinski definition) is 3. The highest BCUT2D eigenvalue weighted by Crippen LogP contribution is 2.16. The first-order valence-electron chi connectivity index (χ1n) is 9.62. The van der Waals surface area contributed by atoms with Crippen molar-refractivity contribution in [3.63, 3.8) is 0 Å². The SMILES string of the molecule is O=C(CCc1ccccc1C(=O)O)NCc1cccc(NC(=O)C2CCCO2)c1. The van der Waals surface area contributed by atoms with Gasteiger partial charge in [0.2, 0.25) is 5.91 Å². The van der Waals surface area contributed by atoms with Crippen molar-refractivity contribution >= 4 is 23.5 Å². The second-order valence-corrected chi connectivity index (χ2v) is 6.93. The average molecular weight is 396 g/mol. The highest BCUT2D eigenvalue weighted by Gasteiger charge is 2.23. The molecule has 7 heteroatoms. The molecule has 1 unspecified atom stereocenters. The van der Waals surface area contributed by atoms with E-state index in [0.29, 0.717) is 30.8 Å². The zero-order valence-electron chi connectivity index (χ0n) is 16.0. The number of ether oxygens (including phenoxy) is 1. The van der Waals surface area contributed by atoms with Crippen molar-refractivity contribution in [2.24, 2.45) is 0 Å². The summed E-state index contributed by atoms with van der Waals surface area (Å²) >= 11 is 0. The van der Waals surface area contributed by atoms with Gasteiger partial charge >= 0.3 is 5.97 Å². The summed E-state index contributed by atoms with van der Waals surface area (Å²) in [6.07, 6.45) is 1.77. The first kappa shape index (κ1) is 20.5. The van der Waals surface area contributed by atoms with Crippen LogP contribution in [-0.4, -0.2) is 35.6 Å². The number of aryl methyl sites for hydroxylation is 1. The Hall–Kier alpha value is -3.19. The number of anilines is 1. The van der Waals surface area contributed by atoms with Crippen LogP contribution in [0.5, 0.6) is 0 Å². The third-order valence-corrected chi connectivity index (χ3v) is 4.78. The fourth-order valence-electron chi connectivity index (χ4n) is 3.25. The average Bonchev–Trinajstić information content (AvgIpc) is 3.26. The molecule has 0 spiro atoms. The largest absolute Gasteiger partial charge is 0.478 e. The molecule has 1 saturated heterocycles. The Bertz CT molecular complexity index is 890. The van der Waals surface area contributed by atoms with E-state index in [0.717, 1.165) is 18.4 Å². The van der Waals surface area contributed by atoms with Crippen molar-refractivity contribution in [2.45, 2.75) is 38.3 Å². The van der Waals surface area contributed by atoms with Crippen LogP contribution in [0, 0.1) is 0 Å². The van der Waals surface area contributed by atoms with E-state index in [2.05, 4.69) is 10.6 Å². The number of benzene rings is 2. The zero-order chi connectivity index (χ0) is 20.6. The molecule has 1 fully saturated rings. The Balaban J connectivity index is 1.49. The molecule has 0 aromatic heterocycles. The fourth-order valence-corrected chi connectivity index (χ4v) is 3.25. The number of nitrogens with one attached hydrogen (secondary N) is 2. The number of carbonyl (C=O) groups is 3. The van der Waals surface area contributed by atoms with Crippen LogP contribution in [0.15, 0.2) is 48.5 Å². The molecule has 7 nitrogen and oxygen atoms in total. The van der Waals surface area contributed by atoms with Gasteiger partial charge in [0.05, 0.1) is 5.56 Å². The van der Waals surface area contributed by atoms with Gasteiger partial charge in [0, 0.05) is 25.3 Å². The molecule has 3 rings (SSSR count). The minimum atomic E-state index is -0.997. The second-order valence-electron chi connectivity index (χ2n) is 6.93. The molecule has 2 aromatic rings. The molecule has 1 aliphatic rings. The number of carboxylic acids is 1. The number of carboxylic acid groups (broad SMARTS) is 1. The topological polar surface area (TPSA) is 105 Å². The summed E-state index contributed by atoms with van der Waals surface area (Å²) in [5.74, 6) is -1.32. The number of aromatic carboxylic acids is 1. The number of amides is 2. The van der Waals surface area contributed by atoms with E-state index in [1.165, 1.54) is 6.07 Å². The Morgan fingerprint density at radius 1 is 1.10 bits per heavy atom. The third kappa shape index (κ3) is 5.89. The summed E-state index contributed by atoms with van der Waals surface area (Å²) < 4.78 is 5.38. The highest BCUT2D eigenvalue weighted by molar-refractivity contribution is 5.94. The molecular formula is C22H24N2O5. The maximum atomic E-state index is 12.2. The molecule has 3 N–H and O–H groups in total. The van der Waals surface area contributed by atoms with Crippen LogP contribution < -0.4 is 10.6 Å². The van der Waals surface area contributed by atoms with Gasteiger partial charge in [-0.25, -0.2) is 4.79 Å². The zero-order valence-corrected chi connectivity index (χ0v) is 16.0. The minimum Gasteiger partial charge on any atom is -0.478 e. The Kier molecular flexibility index (Phi) is 6.97. The fraction of sp³-hybridized carbons (Fsp3) is 0.318. The maximum absolute atomic E-state index is 12.2. The van der Waals surface area contributed by atoms with Gasteiger partial charge < -0.3 is 20.5 Å². The van der Waals surface area contributed by atoms with E-state index in [1.807, 2.05) is 18.2 Å². The number of carbonyl (C=O) groups excluding carboxylic acids is 2. The number of hydrogen-bond acceptors (Lipinski definition) is 4. The van der Waals surface area contributed by atoms with Gasteiger partial charge in [-0.05, 0) is 48.6 Å². The predicted molar refractivity (Wildman–Crippen MR) is 108 cm³/mol. The van der Waals surface area contributed by atoms with Gasteiger partial charge in [0.1, 0.15) is 6.10 Å². The molecule has 1 aliphatic heterocycles. The smallest absolute Gasteiger partial charge is 0.335 e. The summed E-state index contributed by atoms with van der Waals surface area (Å²) in [6.45, 7) is 0.935. The molecule has 2 amide bonds. The first-order chi connectivity index (χ1) is 14.0. The molecule has 1 atom stereocenters. The lowest BCUT2D eigenvalue weighted by Crippen LogP contribution is -2.27. The summed E-state index contributed by atoms with van der Waals surface area (Å²) in [4.78, 5) is 35.5. The van der Waals surface area contributed by atoms with E-state index < -0.39 is 12.1 Å². The van der Waals surface area contributed by atoms with Gasteiger partial charge in [-0.1, -0.05) is 30.3 Å². The summed E-state index contributed by atoms with van der Waals surface area (Å²) in [6, 6.07) is 14.0. The van der Waals surface area contributed by atoms with Crippen molar-refractivity contribution in [1.29, 1.82) is 0 Å². The first-order valence-corrected chi connectivity index (χ1v) is 9.62. The van der Waals surface area contributed by atoms with Gasteiger partial charge in [0.15, 0.2) is 0 Å². The van der Waals surface area contributed by atoms with Crippen LogP contribution in [0.4, 0.5) is 5.69 Å². The van der Waals surface area contributed by atoms with Crippen molar-refractivity contribution in [2.75, 3.05) is 11.9 Å². The predicted octanol–water partition coefficient (Wildman–Crippen LogP) is 2.75. The molecule has 0 saturated carbocycles. The molecule has 2 aromatic carbocycles. The second kappa shape index (κ2) is 9.84. The van der Waals surface area contributed by atoms with E-state index >= 15 is 0 Å². The number of rotatable bonds is 8. The summed E-state index contributed by atoms with van der Waals surface area (Å²) in [5.41, 5.74) is 2.37. The van der Waals surface area contributed by atoms with Crippen LogP contribution in [0.25, 0.3) is 0 Å². The Morgan fingerprint density at radius 3 is 2.69 bits per heavy atom. The molecular weight excluding hydrogens is 372 g/mol. The Labute approximate surface area is 169 Å². The lowest BCUT2D eigenvalue weighted by Gasteiger charge is -2.12. The molecule has 29 heavy (non-hydrogen) atoms. The monoisotopic (exact) mass is 396 g/mol. The van der Waals surface area contributed by atoms with Gasteiger partial charge in [-0.2, -0.15) is 0 Å². The Morgan fingerprint density at radius 2 is 1.93 bits per heavy atom. The van der Waals surface area contributed by atoms with Crippen LogP contribution in [0.3, 0.4) is 0 Å². The standard InChI is InChI=1S/C22H24N2O5/c25-20(11-10-16-6-1-2-8-18(16)22(27)28)23-14-15-5-3-7-17(13-15)24-21(26)19-9-4-12-29-19/h1-3,5-8,13,19H,4,9-12,14H2,(H,23,25)(H,24,26)(H,27,28). The maximum Gasteiger partial charge on any atom is 0.335 e. The lowest BCUT2D eigenvalue weighted by atomic mass is 10.0. The van der Waals surface area contributed by atoms with Crippen LogP contribution >= 0.6 is 0 Å². The van der Waals surface area contributed by atoms with E-state index in [9.17, 15) is 19.5 Å². The summed E-state index contributed by atoms with van der Waals surface area (Å²) in [7, 11) is 0. The molecule has 0 bridgehead atoms. The van der Waals surface area contributed by atoms with Gasteiger partial charge in [-0.15, -0.1) is 0 Å².